The second-order valence-corrected chi connectivity index (χ2v) is 13.7. The van der Waals surface area contributed by atoms with Gasteiger partial charge < -0.3 is 10.1 Å². The van der Waals surface area contributed by atoms with Gasteiger partial charge in [0.25, 0.3) is 0 Å². The normalized spacial score (nSPS) is 48.9. The molecule has 1 spiro atoms. The summed E-state index contributed by atoms with van der Waals surface area (Å²) >= 11 is 0. The molecular formula is C30H48N2O2. The first-order valence-corrected chi connectivity index (χ1v) is 14.6. The van der Waals surface area contributed by atoms with Crippen molar-refractivity contribution in [3.05, 3.63) is 11.1 Å². The molecule has 0 radical (unpaired) electrons. The van der Waals surface area contributed by atoms with Crippen LogP contribution in [0.15, 0.2) is 11.1 Å². The van der Waals surface area contributed by atoms with Crippen molar-refractivity contribution < 1.29 is 9.53 Å². The molecule has 0 aromatic heterocycles. The number of piperidine rings is 1. The number of hydrogen-bond donors (Lipinski definition) is 1. The molecule has 2 heterocycles. The van der Waals surface area contributed by atoms with Crippen LogP contribution in [-0.4, -0.2) is 55.1 Å². The van der Waals surface area contributed by atoms with Crippen molar-refractivity contribution >= 4 is 5.78 Å². The van der Waals surface area contributed by atoms with E-state index in [1.807, 2.05) is 5.57 Å². The van der Waals surface area contributed by atoms with Gasteiger partial charge in [-0.1, -0.05) is 25.0 Å². The van der Waals surface area contributed by atoms with E-state index in [0.717, 1.165) is 62.4 Å². The zero-order valence-electron chi connectivity index (χ0n) is 22.2. The molecule has 0 amide bonds. The van der Waals surface area contributed by atoms with E-state index in [9.17, 15) is 4.79 Å². The Morgan fingerprint density at radius 2 is 2.03 bits per heavy atom. The van der Waals surface area contributed by atoms with Gasteiger partial charge in [-0.15, -0.1) is 0 Å². The van der Waals surface area contributed by atoms with Gasteiger partial charge in [0.2, 0.25) is 0 Å². The zero-order valence-corrected chi connectivity index (χ0v) is 22.2. The maximum absolute atomic E-state index is 12.2. The Morgan fingerprint density at radius 3 is 2.85 bits per heavy atom. The Bertz CT molecular complexity index is 853. The first kappa shape index (κ1) is 23.7. The van der Waals surface area contributed by atoms with Gasteiger partial charge >= 0.3 is 0 Å². The highest BCUT2D eigenvalue weighted by Gasteiger charge is 2.58. The first-order valence-electron chi connectivity index (χ1n) is 14.6. The molecule has 3 saturated carbocycles. The number of rotatable bonds is 3. The zero-order chi connectivity index (χ0) is 23.7. The second-order valence-electron chi connectivity index (χ2n) is 13.7. The monoisotopic (exact) mass is 468 g/mol. The molecule has 9 atom stereocenters. The summed E-state index contributed by atoms with van der Waals surface area (Å²) in [4.78, 5) is 15.0. The van der Waals surface area contributed by atoms with Gasteiger partial charge in [0.1, 0.15) is 5.78 Å². The highest BCUT2D eigenvalue weighted by atomic mass is 16.5. The van der Waals surface area contributed by atoms with Gasteiger partial charge in [-0.25, -0.2) is 0 Å². The molecule has 6 rings (SSSR count). The fraction of sp³-hybridized carbons (Fsp3) is 0.900. The molecule has 34 heavy (non-hydrogen) atoms. The number of carbonyl (C=O) groups is 1. The SMILES string of the molecule is CNCCN1CC(C)CC2OC3(CCC4C(=C(C)C3)CC3C4CCC4CC(=O)CCC43C)CC21. The number of nitrogens with one attached hydrogen (secondary N) is 1. The lowest BCUT2D eigenvalue weighted by Crippen LogP contribution is -2.50. The second kappa shape index (κ2) is 8.70. The summed E-state index contributed by atoms with van der Waals surface area (Å²) in [6.45, 7) is 10.9. The summed E-state index contributed by atoms with van der Waals surface area (Å²) in [5.74, 6) is 4.36. The van der Waals surface area contributed by atoms with Crippen LogP contribution in [0.3, 0.4) is 0 Å². The molecule has 1 N–H and O–H groups in total. The van der Waals surface area contributed by atoms with E-state index < -0.39 is 0 Å². The number of hydrogen-bond acceptors (Lipinski definition) is 4. The Labute approximate surface area is 207 Å². The molecule has 2 aliphatic heterocycles. The molecule has 0 aromatic rings. The molecule has 4 nitrogen and oxygen atoms in total. The van der Waals surface area contributed by atoms with Crippen LogP contribution in [0.2, 0.25) is 0 Å². The number of carbonyl (C=O) groups excluding carboxylic acids is 1. The summed E-state index contributed by atoms with van der Waals surface area (Å²) in [6.07, 6.45) is 13.5. The molecule has 9 unspecified atom stereocenters. The average Bonchev–Trinajstić information content (AvgIpc) is 3.32. The van der Waals surface area contributed by atoms with Gasteiger partial charge in [-0.05, 0) is 107 Å². The van der Waals surface area contributed by atoms with E-state index in [-0.39, 0.29) is 5.60 Å². The van der Waals surface area contributed by atoms with Crippen molar-refractivity contribution in [3.63, 3.8) is 0 Å². The van der Waals surface area contributed by atoms with E-state index in [0.29, 0.717) is 29.3 Å². The summed E-state index contributed by atoms with van der Waals surface area (Å²) in [7, 11) is 2.07. The van der Waals surface area contributed by atoms with E-state index >= 15 is 0 Å². The van der Waals surface area contributed by atoms with Gasteiger partial charge in [-0.2, -0.15) is 0 Å². The third-order valence-electron chi connectivity index (χ3n) is 11.7. The number of likely N-dealkylation sites (N-methyl/N-ethyl adjacent to an activating group) is 1. The number of ketones is 1. The topological polar surface area (TPSA) is 41.6 Å². The molecule has 0 bridgehead atoms. The van der Waals surface area contributed by atoms with Crippen LogP contribution >= 0.6 is 0 Å². The van der Waals surface area contributed by atoms with E-state index in [1.165, 1.54) is 51.5 Å². The average molecular weight is 469 g/mol. The fourth-order valence-corrected chi connectivity index (χ4v) is 10.0. The highest BCUT2D eigenvalue weighted by Crippen LogP contribution is 2.64. The number of allylic oxidation sites excluding steroid dienone is 1. The third-order valence-corrected chi connectivity index (χ3v) is 11.7. The van der Waals surface area contributed by atoms with Crippen LogP contribution < -0.4 is 5.32 Å². The number of nitrogens with zero attached hydrogens (tertiary/aromatic N) is 1. The van der Waals surface area contributed by atoms with E-state index in [1.54, 1.807) is 5.57 Å². The minimum Gasteiger partial charge on any atom is -0.370 e. The van der Waals surface area contributed by atoms with Crippen LogP contribution in [0.4, 0.5) is 0 Å². The highest BCUT2D eigenvalue weighted by molar-refractivity contribution is 5.79. The number of Topliss-reactive ketones (excluding diaryl/α,β-unsaturated/α-hetero) is 1. The molecule has 6 aliphatic rings. The van der Waals surface area contributed by atoms with Gasteiger partial charge in [-0.3, -0.25) is 9.69 Å². The van der Waals surface area contributed by atoms with Crippen LogP contribution in [-0.2, 0) is 9.53 Å². The molecular weight excluding hydrogens is 420 g/mol. The lowest BCUT2D eigenvalue weighted by molar-refractivity contribution is -0.129. The summed E-state index contributed by atoms with van der Waals surface area (Å²) in [6, 6.07) is 0.613. The molecule has 4 heteroatoms. The van der Waals surface area contributed by atoms with Crippen LogP contribution in [0.1, 0.15) is 91.4 Å². The molecule has 0 aromatic carbocycles. The predicted octanol–water partition coefficient (Wildman–Crippen LogP) is 5.37. The number of fused-ring (bicyclic) bond motifs is 6. The predicted molar refractivity (Wildman–Crippen MR) is 137 cm³/mol. The van der Waals surface area contributed by atoms with Crippen LogP contribution in [0, 0.1) is 35.0 Å². The maximum atomic E-state index is 12.2. The summed E-state index contributed by atoms with van der Waals surface area (Å²) < 4.78 is 7.11. The molecule has 2 saturated heterocycles. The largest absolute Gasteiger partial charge is 0.370 e. The number of ether oxygens (including phenoxy) is 1. The van der Waals surface area contributed by atoms with Crippen molar-refractivity contribution in [3.8, 4) is 0 Å². The Hall–Kier alpha value is -0.710. The van der Waals surface area contributed by atoms with Crippen molar-refractivity contribution in [2.24, 2.45) is 35.0 Å². The fourth-order valence-electron chi connectivity index (χ4n) is 10.0. The van der Waals surface area contributed by atoms with Gasteiger partial charge in [0.15, 0.2) is 0 Å². The van der Waals surface area contributed by atoms with Crippen molar-refractivity contribution in [1.82, 2.24) is 10.2 Å². The van der Waals surface area contributed by atoms with E-state index in [2.05, 4.69) is 38.0 Å². The molecule has 190 valence electrons. The van der Waals surface area contributed by atoms with Crippen LogP contribution in [0.5, 0.6) is 0 Å². The quantitative estimate of drug-likeness (QED) is 0.566. The summed E-state index contributed by atoms with van der Waals surface area (Å²) in [5.41, 5.74) is 3.98. The lowest BCUT2D eigenvalue weighted by atomic mass is 9.52. The third kappa shape index (κ3) is 3.77. The Kier molecular flexibility index (Phi) is 6.06. The van der Waals surface area contributed by atoms with E-state index in [4.69, 9.17) is 4.74 Å². The van der Waals surface area contributed by atoms with Gasteiger partial charge in [0, 0.05) is 38.5 Å². The minimum atomic E-state index is 0.0760. The van der Waals surface area contributed by atoms with Gasteiger partial charge in [0.05, 0.1) is 11.7 Å². The molecule has 5 fully saturated rings. The van der Waals surface area contributed by atoms with Crippen molar-refractivity contribution in [2.45, 2.75) is 109 Å². The first-order chi connectivity index (χ1) is 16.3. The Balaban J connectivity index is 1.23. The van der Waals surface area contributed by atoms with Crippen LogP contribution in [0.25, 0.3) is 0 Å². The smallest absolute Gasteiger partial charge is 0.133 e. The Morgan fingerprint density at radius 1 is 1.18 bits per heavy atom. The van der Waals surface area contributed by atoms with Crippen molar-refractivity contribution in [1.29, 1.82) is 0 Å². The lowest BCUT2D eigenvalue weighted by Gasteiger charge is -2.52. The maximum Gasteiger partial charge on any atom is 0.133 e. The number of likely N-dealkylation sites (tertiary alicyclic amines) is 1. The minimum absolute atomic E-state index is 0.0760. The van der Waals surface area contributed by atoms with Crippen molar-refractivity contribution in [2.75, 3.05) is 26.7 Å². The summed E-state index contributed by atoms with van der Waals surface area (Å²) in [5, 5.41) is 3.37. The molecule has 4 aliphatic carbocycles. The standard InChI is InChI=1S/C30H48N2O2/c1-19-13-28-27(32(18-19)12-11-31-4)17-30(34-28)10-8-23-24-6-5-21-14-22(33)7-9-29(21,3)26(24)15-25(23)20(2)16-30/h19,21,23-24,26-28,31H,5-18H2,1-4H3.